The number of aliphatic hydroxyl groups excluding tert-OH is 1. The number of fused-ring (bicyclic) bond motifs is 1. The Labute approximate surface area is 158 Å². The number of carboxylic acids is 1. The number of carbonyl (C=O) groups excluding carboxylic acids is 3. The van der Waals surface area contributed by atoms with Crippen molar-refractivity contribution >= 4 is 41.3 Å². The number of rotatable bonds is 5. The van der Waals surface area contributed by atoms with E-state index in [0.717, 1.165) is 16.7 Å². The second-order valence-electron chi connectivity index (χ2n) is 6.74. The summed E-state index contributed by atoms with van der Waals surface area (Å²) in [6, 6.07) is -0.339. The average Bonchev–Trinajstić information content (AvgIpc) is 3.16. The maximum Gasteiger partial charge on any atom is 0.266 e. The zero-order chi connectivity index (χ0) is 19.4. The van der Waals surface area contributed by atoms with Crippen LogP contribution < -0.4 is 10.4 Å². The quantitative estimate of drug-likeness (QED) is 0.426. The Hall–Kier alpha value is -1.27. The first-order chi connectivity index (χ1) is 12.1. The van der Waals surface area contributed by atoms with Gasteiger partial charge in [-0.05, 0) is 13.3 Å². The number of aliphatic hydroxyl groups is 2. The number of likely N-dealkylation sites (N-methyl/N-ethyl adjacent to an activating group) is 1. The molecule has 2 amide bonds. The third-order valence-electron chi connectivity index (χ3n) is 4.76. The summed E-state index contributed by atoms with van der Waals surface area (Å²) in [7, 11) is 3.34. The zero-order valence-electron chi connectivity index (χ0n) is 14.5. The molecule has 9 nitrogen and oxygen atoms in total. The molecule has 3 heterocycles. The van der Waals surface area contributed by atoms with Crippen molar-refractivity contribution in [3.05, 3.63) is 9.93 Å². The van der Waals surface area contributed by atoms with Crippen molar-refractivity contribution in [1.29, 1.82) is 0 Å². The number of hydrogen-bond acceptors (Lipinski definition) is 9. The molecule has 5 atom stereocenters. The van der Waals surface area contributed by atoms with Gasteiger partial charge in [0.2, 0.25) is 5.91 Å². The molecule has 2 saturated heterocycles. The van der Waals surface area contributed by atoms with Crippen molar-refractivity contribution < 1.29 is 29.7 Å². The molecule has 144 valence electrons. The number of thioether (sulfide) groups is 2. The summed E-state index contributed by atoms with van der Waals surface area (Å²) >= 11 is 2.28. The number of aliphatic carboxylic acids is 1. The lowest BCUT2D eigenvalue weighted by molar-refractivity contribution is -0.302. The van der Waals surface area contributed by atoms with Gasteiger partial charge in [0.25, 0.3) is 5.91 Å². The number of nitrogens with zero attached hydrogens (tertiary/aromatic N) is 2. The van der Waals surface area contributed by atoms with Gasteiger partial charge in [0.15, 0.2) is 5.60 Å². The summed E-state index contributed by atoms with van der Waals surface area (Å²) in [6.07, 6.45) is -0.808. The number of carboxylic acid groups (broad SMARTS) is 1. The van der Waals surface area contributed by atoms with Crippen molar-refractivity contribution in [3.8, 4) is 0 Å². The van der Waals surface area contributed by atoms with Crippen molar-refractivity contribution in [2.75, 3.05) is 20.6 Å². The normalized spacial score (nSPS) is 34.6. The Morgan fingerprint density at radius 3 is 2.69 bits per heavy atom. The molecule has 0 unspecified atom stereocenters. The van der Waals surface area contributed by atoms with E-state index in [1.165, 1.54) is 23.6 Å². The first kappa shape index (κ1) is 19.5. The Bertz CT molecular complexity index is 697. The van der Waals surface area contributed by atoms with E-state index < -0.39 is 29.0 Å². The van der Waals surface area contributed by atoms with Gasteiger partial charge >= 0.3 is 0 Å². The van der Waals surface area contributed by atoms with Gasteiger partial charge in [-0.1, -0.05) is 11.8 Å². The van der Waals surface area contributed by atoms with Crippen LogP contribution in [0.25, 0.3) is 0 Å². The molecule has 3 aliphatic rings. The highest BCUT2D eigenvalue weighted by atomic mass is 32.2. The monoisotopic (exact) mass is 402 g/mol. The van der Waals surface area contributed by atoms with Gasteiger partial charge in [-0.3, -0.25) is 14.5 Å². The minimum atomic E-state index is -2.01. The minimum Gasteiger partial charge on any atom is -0.543 e. The number of nitrogens with one attached hydrogen (secondary N) is 1. The first-order valence-corrected chi connectivity index (χ1v) is 9.82. The molecule has 0 spiro atoms. The van der Waals surface area contributed by atoms with Crippen LogP contribution >= 0.6 is 23.5 Å². The molecule has 0 bridgehead atoms. The van der Waals surface area contributed by atoms with Crippen LogP contribution in [0, 0.1) is 0 Å². The van der Waals surface area contributed by atoms with Gasteiger partial charge in [-0.25, -0.2) is 0 Å². The standard InChI is InChI=1S/C15H21N3O6S2/c1-6(19)15(24)13(23)18-9(11(21)22)12(26-14(15)18)25-7-4-8(16-5-7)10(20)17(2)3/h6-8,14,16,19,24H,4-5H2,1-3H3,(H,21,22)/p-1/t6-,7+,8+,14-,15-/m1/s1. The second kappa shape index (κ2) is 6.71. The Morgan fingerprint density at radius 2 is 2.15 bits per heavy atom. The number of amides is 2. The van der Waals surface area contributed by atoms with Crippen molar-refractivity contribution in [2.45, 2.75) is 41.7 Å². The van der Waals surface area contributed by atoms with Crippen LogP contribution in [-0.4, -0.2) is 86.8 Å². The Balaban J connectivity index is 1.75. The molecule has 0 aliphatic carbocycles. The van der Waals surface area contributed by atoms with E-state index in [9.17, 15) is 29.7 Å². The highest BCUT2D eigenvalue weighted by Gasteiger charge is 2.67. The highest BCUT2D eigenvalue weighted by molar-refractivity contribution is 8.23. The van der Waals surface area contributed by atoms with Gasteiger partial charge in [0, 0.05) is 25.9 Å². The third-order valence-corrected chi connectivity index (χ3v) is 7.64. The lowest BCUT2D eigenvalue weighted by Gasteiger charge is -2.50. The van der Waals surface area contributed by atoms with E-state index in [1.54, 1.807) is 14.1 Å². The van der Waals surface area contributed by atoms with Crippen LogP contribution in [-0.2, 0) is 14.4 Å². The number of carbonyl (C=O) groups is 3. The van der Waals surface area contributed by atoms with Crippen LogP contribution in [0.15, 0.2) is 9.93 Å². The van der Waals surface area contributed by atoms with Crippen molar-refractivity contribution in [1.82, 2.24) is 15.1 Å². The summed E-state index contributed by atoms with van der Waals surface area (Å²) in [5.74, 6) is -2.40. The molecule has 2 fully saturated rings. The SMILES string of the molecule is C[C@@H](O)[C@@]1(O)C(=O)N2C(C(=O)[O-])=C(S[C@@H]3CN[C@H](C(=O)N(C)C)C3)S[C@@H]21. The van der Waals surface area contributed by atoms with E-state index in [4.69, 9.17) is 0 Å². The van der Waals surface area contributed by atoms with Crippen LogP contribution in [0.2, 0.25) is 0 Å². The molecule has 0 saturated carbocycles. The summed E-state index contributed by atoms with van der Waals surface area (Å²) in [5.41, 5.74) is -2.28. The van der Waals surface area contributed by atoms with Crippen LogP contribution in [0.1, 0.15) is 13.3 Å². The lowest BCUT2D eigenvalue weighted by atomic mass is 9.86. The molecular formula is C15H20N3O6S2-. The maximum absolute atomic E-state index is 12.2. The van der Waals surface area contributed by atoms with Gasteiger partial charge < -0.3 is 30.3 Å². The van der Waals surface area contributed by atoms with E-state index in [1.807, 2.05) is 0 Å². The van der Waals surface area contributed by atoms with Gasteiger partial charge in [-0.15, -0.1) is 11.8 Å². The molecule has 3 N–H and O–H groups in total. The number of hydrogen-bond donors (Lipinski definition) is 3. The topological polar surface area (TPSA) is 133 Å². The predicted octanol–water partition coefficient (Wildman–Crippen LogP) is -2.52. The summed E-state index contributed by atoms with van der Waals surface area (Å²) in [4.78, 5) is 38.3. The summed E-state index contributed by atoms with van der Waals surface area (Å²) < 4.78 is 0.352. The number of β-lactam (4-membered cyclic amide) rings is 1. The fourth-order valence-corrected chi connectivity index (χ4v) is 6.50. The molecule has 0 radical (unpaired) electrons. The van der Waals surface area contributed by atoms with Crippen molar-refractivity contribution in [3.63, 3.8) is 0 Å². The fourth-order valence-electron chi connectivity index (χ4n) is 3.25. The Kier molecular flexibility index (Phi) is 5.03. The Morgan fingerprint density at radius 1 is 1.50 bits per heavy atom. The smallest absolute Gasteiger partial charge is 0.266 e. The molecule has 26 heavy (non-hydrogen) atoms. The summed E-state index contributed by atoms with van der Waals surface area (Å²) in [6.45, 7) is 1.80. The van der Waals surface area contributed by atoms with Crippen molar-refractivity contribution in [2.24, 2.45) is 0 Å². The van der Waals surface area contributed by atoms with Gasteiger partial charge in [0.05, 0.1) is 28.0 Å². The minimum absolute atomic E-state index is 0.0521. The second-order valence-corrected chi connectivity index (χ2v) is 9.40. The molecule has 11 heteroatoms. The van der Waals surface area contributed by atoms with E-state index in [2.05, 4.69) is 5.32 Å². The molecule has 3 rings (SSSR count). The summed E-state index contributed by atoms with van der Waals surface area (Å²) in [5, 5.41) is 33.9. The molecule has 3 aliphatic heterocycles. The largest absolute Gasteiger partial charge is 0.543 e. The van der Waals surface area contributed by atoms with E-state index in [0.29, 0.717) is 17.2 Å². The molecular weight excluding hydrogens is 382 g/mol. The maximum atomic E-state index is 12.2. The fraction of sp³-hybridized carbons (Fsp3) is 0.667. The first-order valence-electron chi connectivity index (χ1n) is 8.06. The van der Waals surface area contributed by atoms with E-state index >= 15 is 0 Å². The van der Waals surface area contributed by atoms with Crippen LogP contribution in [0.5, 0.6) is 0 Å². The van der Waals surface area contributed by atoms with E-state index in [-0.39, 0.29) is 22.9 Å². The van der Waals surface area contributed by atoms with Crippen LogP contribution in [0.4, 0.5) is 0 Å². The molecule has 0 aromatic heterocycles. The lowest BCUT2D eigenvalue weighted by Crippen LogP contribution is -2.75. The third kappa shape index (κ3) is 2.82. The molecule has 0 aromatic rings. The average molecular weight is 402 g/mol. The predicted molar refractivity (Wildman–Crippen MR) is 93.4 cm³/mol. The van der Waals surface area contributed by atoms with Gasteiger partial charge in [-0.2, -0.15) is 0 Å². The highest BCUT2D eigenvalue weighted by Crippen LogP contribution is 2.56. The van der Waals surface area contributed by atoms with Gasteiger partial charge in [0.1, 0.15) is 5.37 Å². The molecule has 0 aromatic carbocycles. The zero-order valence-corrected chi connectivity index (χ0v) is 16.1. The van der Waals surface area contributed by atoms with Crippen LogP contribution in [0.3, 0.4) is 0 Å².